The Morgan fingerprint density at radius 1 is 0.872 bits per heavy atom. The van der Waals surface area contributed by atoms with Crippen molar-refractivity contribution in [1.82, 2.24) is 10.2 Å². The Bertz CT molecular complexity index is 2160. The van der Waals surface area contributed by atoms with E-state index >= 15 is 0 Å². The first-order valence-corrected chi connectivity index (χ1v) is 28.6. The largest absolute Gasteiger partial charge is 0.464 e. The van der Waals surface area contributed by atoms with Gasteiger partial charge in [0.05, 0.1) is 30.8 Å². The molecule has 2 saturated heterocycles. The van der Waals surface area contributed by atoms with Gasteiger partial charge in [-0.05, 0) is 113 Å². The summed E-state index contributed by atoms with van der Waals surface area (Å²) < 4.78 is 40.8. The van der Waals surface area contributed by atoms with Crippen LogP contribution in [0.3, 0.4) is 0 Å². The van der Waals surface area contributed by atoms with Crippen molar-refractivity contribution in [3.63, 3.8) is 0 Å². The number of ether oxygens (including phenoxy) is 7. The van der Waals surface area contributed by atoms with E-state index in [1.807, 2.05) is 65.0 Å². The summed E-state index contributed by atoms with van der Waals surface area (Å²) in [6, 6.07) is -2.33. The first-order chi connectivity index (χ1) is 36.9. The summed E-state index contributed by atoms with van der Waals surface area (Å²) in [5.41, 5.74) is 1.20. The number of carbonyl (C=O) groups excluding carboxylic acids is 7. The Labute approximate surface area is 467 Å². The van der Waals surface area contributed by atoms with Gasteiger partial charge in [0.15, 0.2) is 5.78 Å². The summed E-state index contributed by atoms with van der Waals surface area (Å²) in [5.74, 6) is -9.52. The minimum atomic E-state index is -2.48. The van der Waals surface area contributed by atoms with E-state index in [0.717, 1.165) is 10.5 Å². The van der Waals surface area contributed by atoms with E-state index in [2.05, 4.69) is 5.32 Å². The van der Waals surface area contributed by atoms with Gasteiger partial charge < -0.3 is 53.6 Å². The van der Waals surface area contributed by atoms with E-state index < -0.39 is 114 Å². The van der Waals surface area contributed by atoms with Crippen LogP contribution >= 0.6 is 11.6 Å². The topological polar surface area (TPSA) is 240 Å². The number of esters is 2. The minimum absolute atomic E-state index is 0.0116. The minimum Gasteiger partial charge on any atom is -0.464 e. The Morgan fingerprint density at radius 3 is 2.24 bits per heavy atom. The predicted molar refractivity (Wildman–Crippen MR) is 293 cm³/mol. The molecule has 2 bridgehead atoms. The Hall–Kier alpha value is -4.30. The molecule has 0 aromatic heterocycles. The highest BCUT2D eigenvalue weighted by atomic mass is 35.5. The summed E-state index contributed by atoms with van der Waals surface area (Å²) >= 11 is 6.01. The molecule has 3 fully saturated rings. The van der Waals surface area contributed by atoms with Gasteiger partial charge in [-0.25, -0.2) is 14.4 Å². The highest BCUT2D eigenvalue weighted by Crippen LogP contribution is 2.38. The number of piperidine rings is 1. The van der Waals surface area contributed by atoms with Crippen LogP contribution in [0.5, 0.6) is 0 Å². The number of aliphatic hydroxyl groups is 2. The fraction of sp³-hybridized carbons (Fsp3) is 0.746. The molecule has 4 aliphatic rings. The number of cyclic esters (lactones) is 1. The summed E-state index contributed by atoms with van der Waals surface area (Å²) in [7, 11) is 4.43. The molecular weight excluding hydrogens is 1030 g/mol. The first kappa shape index (κ1) is 66.2. The quantitative estimate of drug-likeness (QED) is 0.0557. The van der Waals surface area contributed by atoms with Crippen molar-refractivity contribution in [3.8, 4) is 0 Å². The van der Waals surface area contributed by atoms with Gasteiger partial charge in [0.25, 0.3) is 11.7 Å². The van der Waals surface area contributed by atoms with E-state index in [4.69, 9.17) is 44.8 Å². The van der Waals surface area contributed by atoms with Crippen LogP contribution < -0.4 is 5.32 Å². The van der Waals surface area contributed by atoms with Crippen LogP contribution in [-0.4, -0.2) is 157 Å². The maximum absolute atomic E-state index is 14.6. The lowest BCUT2D eigenvalue weighted by atomic mass is 9.78. The van der Waals surface area contributed by atoms with Crippen LogP contribution in [-0.2, 0) is 61.9 Å². The van der Waals surface area contributed by atoms with Gasteiger partial charge in [-0.2, -0.15) is 0 Å². The van der Waals surface area contributed by atoms with Crippen molar-refractivity contribution in [2.24, 2.45) is 41.4 Å². The molecule has 1 aliphatic carbocycles. The number of methoxy groups -OCH3 is 3. The molecule has 2 amide bonds. The second kappa shape index (κ2) is 31.6. The fourth-order valence-corrected chi connectivity index (χ4v) is 11.3. The van der Waals surface area contributed by atoms with E-state index in [9.17, 15) is 43.8 Å². The van der Waals surface area contributed by atoms with Gasteiger partial charge in [0, 0.05) is 58.5 Å². The molecule has 0 aromatic carbocycles. The van der Waals surface area contributed by atoms with Crippen molar-refractivity contribution in [2.75, 3.05) is 40.4 Å². The number of Topliss-reactive ketones (excluding diaryl/α,β-unsaturated/α-hetero) is 3. The smallest absolute Gasteiger partial charge is 0.408 e. The number of allylic oxidation sites excluding steroid dienone is 6. The second-order valence-electron chi connectivity index (χ2n) is 22.8. The third kappa shape index (κ3) is 18.6. The van der Waals surface area contributed by atoms with Crippen molar-refractivity contribution >= 4 is 52.9 Å². The van der Waals surface area contributed by atoms with Crippen LogP contribution in [0.4, 0.5) is 4.79 Å². The highest BCUT2D eigenvalue weighted by Gasteiger charge is 2.53. The third-order valence-corrected chi connectivity index (χ3v) is 16.3. The Kier molecular flexibility index (Phi) is 26.9. The summed E-state index contributed by atoms with van der Waals surface area (Å²) in [4.78, 5) is 98.3. The van der Waals surface area contributed by atoms with E-state index in [-0.39, 0.29) is 67.6 Å². The number of alkyl halides is 1. The van der Waals surface area contributed by atoms with Gasteiger partial charge in [-0.1, -0.05) is 84.9 Å². The van der Waals surface area contributed by atoms with Crippen molar-refractivity contribution < 1.29 is 76.9 Å². The number of nitrogens with zero attached hydrogens (tertiary/aromatic N) is 1. The number of nitrogens with one attached hydrogen (secondary N) is 1. The highest BCUT2D eigenvalue weighted by molar-refractivity contribution is 6.39. The van der Waals surface area contributed by atoms with Crippen molar-refractivity contribution in [1.29, 1.82) is 0 Å². The van der Waals surface area contributed by atoms with Crippen LogP contribution in [0.1, 0.15) is 139 Å². The molecule has 1 saturated carbocycles. The zero-order chi connectivity index (χ0) is 58.0. The number of hydrogen-bond acceptors (Lipinski definition) is 16. The average Bonchev–Trinajstić information content (AvgIpc) is 3.41. The molecule has 0 aromatic rings. The number of halogens is 1. The molecule has 4 rings (SSSR count). The first-order valence-electron chi connectivity index (χ1n) is 28.1. The van der Waals surface area contributed by atoms with Crippen LogP contribution in [0.25, 0.3) is 0 Å². The Balaban J connectivity index is 1.65. The van der Waals surface area contributed by atoms with Crippen LogP contribution in [0.2, 0.25) is 0 Å². The molecule has 78 heavy (non-hydrogen) atoms. The molecule has 19 heteroatoms. The van der Waals surface area contributed by atoms with Crippen LogP contribution in [0, 0.1) is 41.4 Å². The number of carbonyl (C=O) groups is 7. The van der Waals surface area contributed by atoms with E-state index in [0.29, 0.717) is 63.4 Å². The molecule has 0 spiro atoms. The molecule has 16 atom stereocenters. The second-order valence-corrected chi connectivity index (χ2v) is 23.2. The van der Waals surface area contributed by atoms with Gasteiger partial charge in [0.1, 0.15) is 42.3 Å². The summed E-state index contributed by atoms with van der Waals surface area (Å²) in [6.07, 6.45) is 8.74. The monoisotopic (exact) mass is 1120 g/mol. The number of amides is 2. The lowest BCUT2D eigenvalue weighted by Gasteiger charge is -2.42. The Morgan fingerprint density at radius 2 is 1.59 bits per heavy atom. The maximum Gasteiger partial charge on any atom is 0.408 e. The zero-order valence-electron chi connectivity index (χ0n) is 48.2. The number of fused-ring (bicyclic) bond motifs is 3. The van der Waals surface area contributed by atoms with Gasteiger partial charge in [0.2, 0.25) is 5.79 Å². The molecule has 3 heterocycles. The summed E-state index contributed by atoms with van der Waals surface area (Å²) in [5, 5.41) is 26.1. The molecule has 440 valence electrons. The lowest BCUT2D eigenvalue weighted by molar-refractivity contribution is -0.265. The third-order valence-electron chi connectivity index (χ3n) is 16.0. The number of aliphatic hydroxyl groups excluding tert-OH is 1. The standard InChI is InChI=1S/C59H91ClN2O16/c1-34(2)33-75-56(68)44(32-60)61-58(70)77-47-24-22-42(29-50(47)73-11)28-38(6)49-31-46(63)37(5)27-40(8)52(65)53(74-12)51(64)39(7)26-35(3)18-14-13-15-19-36(4)48(72-10)30-43-23-21-41(9)59(71,78-43)54(66)55(67)62-25-17-16-20-45(62)57(69)76-49/h13-15,18-19,27,34-35,37-39,41-45,47-50,52-53,65,71H,16-17,20-26,28-33H2,1-12H3,(H,61,70)/b15-13+,18-14+,36-19+,40-27+/t35?,37?,38?,39-,41-,42?,43?,44?,45+,47-,48?,49?,50?,52-,53?,59-/m1/s1. The molecule has 0 radical (unpaired) electrons. The van der Waals surface area contributed by atoms with Gasteiger partial charge in [-0.15, -0.1) is 11.6 Å². The molecule has 10 unspecified atom stereocenters. The van der Waals surface area contributed by atoms with Gasteiger partial charge in [-0.3, -0.25) is 19.2 Å². The lowest BCUT2D eigenvalue weighted by Crippen LogP contribution is -2.61. The van der Waals surface area contributed by atoms with Crippen LogP contribution in [0.15, 0.2) is 47.6 Å². The van der Waals surface area contributed by atoms with E-state index in [1.54, 1.807) is 40.9 Å². The number of ketones is 3. The average molecular weight is 1120 g/mol. The number of hydrogen-bond donors (Lipinski definition) is 3. The molecule has 3 aliphatic heterocycles. The predicted octanol–water partition coefficient (Wildman–Crippen LogP) is 7.72. The van der Waals surface area contributed by atoms with Crippen molar-refractivity contribution in [3.05, 3.63) is 47.6 Å². The molecular formula is C59H91ClN2O16. The fourth-order valence-electron chi connectivity index (χ4n) is 11.1. The van der Waals surface area contributed by atoms with Crippen molar-refractivity contribution in [2.45, 2.75) is 200 Å². The summed E-state index contributed by atoms with van der Waals surface area (Å²) in [6.45, 7) is 16.5. The number of rotatable bonds is 12. The van der Waals surface area contributed by atoms with Gasteiger partial charge >= 0.3 is 18.0 Å². The number of alkyl carbamates (subject to hydrolysis) is 1. The normalized spacial score (nSPS) is 35.9. The molecule has 3 N–H and O–H groups in total. The zero-order valence-corrected chi connectivity index (χ0v) is 49.0. The molecule has 18 nitrogen and oxygen atoms in total. The van der Waals surface area contributed by atoms with E-state index in [1.165, 1.54) is 14.2 Å². The SMILES string of the molecule is COC1CC2CC[C@@H](C)[C@@](O)(O2)C(=O)C(=O)N2CCCC[C@H]2C(=O)OC(C(C)CC2CC[C@@H](OC(=O)NC(CCl)C(=O)OCC(C)C)C(OC)C2)CC(=O)C(C)/C=C(\C)[C@@H](O)C(OC)C(=O)[C@H](C)CC(C)/C=C/C=C/C=C/1C. The maximum atomic E-state index is 14.6.